The molecule has 1 aliphatic rings. The van der Waals surface area contributed by atoms with Crippen LogP contribution in [0.2, 0.25) is 0 Å². The van der Waals surface area contributed by atoms with E-state index in [1.54, 1.807) is 5.32 Å². The number of hydrogen-bond acceptors (Lipinski definition) is 5. The van der Waals surface area contributed by atoms with Gasteiger partial charge in [0, 0.05) is 30.9 Å². The molecule has 208 valence electrons. The van der Waals surface area contributed by atoms with E-state index in [0.717, 1.165) is 6.07 Å². The van der Waals surface area contributed by atoms with E-state index in [-0.39, 0.29) is 30.6 Å². The standard InChI is InChI=1S/C24H21F6N5O4/c1-10(32-23(38)39)8-31-17-5-4-13-19(36)14(22(37)34-20(11-2-3-11)24(28,29)30)9-35(21(13)33-17)18-15(26)6-12(25)7-16(18)27/h4-7,9-11,20,32H,2-3,8H2,1H3,(H,31,33)(H,34,37)(H,38,39)/t10-,20+/m1/s1. The number of benzene rings is 1. The Labute approximate surface area is 215 Å². The number of amides is 2. The summed E-state index contributed by atoms with van der Waals surface area (Å²) in [5.74, 6) is -6.38. The number of carboxylic acid groups (broad SMARTS) is 1. The third kappa shape index (κ3) is 6.07. The van der Waals surface area contributed by atoms with Crippen molar-refractivity contribution in [2.75, 3.05) is 11.9 Å². The van der Waals surface area contributed by atoms with Crippen LogP contribution in [0.5, 0.6) is 0 Å². The SMILES string of the molecule is C[C@H](CNc1ccc2c(=O)c(C(=O)N[C@@H](C3CC3)C(F)(F)F)cn(-c3c(F)cc(F)cc3F)c2n1)NC(=O)O. The predicted molar refractivity (Wildman–Crippen MR) is 126 cm³/mol. The third-order valence-corrected chi connectivity index (χ3v) is 6.01. The van der Waals surface area contributed by atoms with Gasteiger partial charge >= 0.3 is 12.3 Å². The molecule has 0 spiro atoms. The van der Waals surface area contributed by atoms with E-state index in [1.807, 2.05) is 0 Å². The summed E-state index contributed by atoms with van der Waals surface area (Å²) in [4.78, 5) is 41.0. The fourth-order valence-electron chi connectivity index (χ4n) is 4.03. The number of anilines is 1. The van der Waals surface area contributed by atoms with E-state index in [4.69, 9.17) is 5.11 Å². The van der Waals surface area contributed by atoms with Gasteiger partial charge in [0.1, 0.15) is 28.9 Å². The first-order valence-corrected chi connectivity index (χ1v) is 11.6. The van der Waals surface area contributed by atoms with Crippen molar-refractivity contribution in [3.8, 4) is 5.69 Å². The Morgan fingerprint density at radius 2 is 1.77 bits per heavy atom. The Bertz CT molecular complexity index is 1480. The predicted octanol–water partition coefficient (Wildman–Crippen LogP) is 3.94. The Kier molecular flexibility index (Phi) is 7.44. The first-order valence-electron chi connectivity index (χ1n) is 11.6. The maximum Gasteiger partial charge on any atom is 0.408 e. The number of carbonyl (C=O) groups is 2. The Balaban J connectivity index is 1.83. The quantitative estimate of drug-likeness (QED) is 0.311. The Morgan fingerprint density at radius 3 is 2.33 bits per heavy atom. The lowest BCUT2D eigenvalue weighted by molar-refractivity contribution is -0.158. The van der Waals surface area contributed by atoms with Crippen LogP contribution >= 0.6 is 0 Å². The van der Waals surface area contributed by atoms with Crippen LogP contribution in [0.4, 0.5) is 37.0 Å². The topological polar surface area (TPSA) is 125 Å². The molecule has 0 bridgehead atoms. The molecule has 0 aliphatic heterocycles. The van der Waals surface area contributed by atoms with Gasteiger partial charge in [-0.25, -0.2) is 22.9 Å². The van der Waals surface area contributed by atoms with Gasteiger partial charge < -0.3 is 21.1 Å². The minimum absolute atomic E-state index is 0.00873. The highest BCUT2D eigenvalue weighted by molar-refractivity contribution is 5.97. The molecule has 2 aromatic heterocycles. The van der Waals surface area contributed by atoms with Gasteiger partial charge in [0.15, 0.2) is 17.3 Å². The summed E-state index contributed by atoms with van der Waals surface area (Å²) >= 11 is 0. The number of alkyl halides is 3. The molecule has 15 heteroatoms. The van der Waals surface area contributed by atoms with Gasteiger partial charge in [0.05, 0.1) is 5.39 Å². The zero-order chi connectivity index (χ0) is 28.6. The lowest BCUT2D eigenvalue weighted by Gasteiger charge is -2.22. The van der Waals surface area contributed by atoms with Crippen LogP contribution in [0, 0.1) is 23.4 Å². The minimum atomic E-state index is -4.80. The number of halogens is 6. The third-order valence-electron chi connectivity index (χ3n) is 6.01. The Hall–Kier alpha value is -4.30. The van der Waals surface area contributed by atoms with E-state index in [2.05, 4.69) is 15.6 Å². The fraction of sp³-hybridized carbons (Fsp3) is 0.333. The molecule has 2 atom stereocenters. The number of aromatic nitrogens is 2. The summed E-state index contributed by atoms with van der Waals surface area (Å²) in [6.45, 7) is 1.54. The monoisotopic (exact) mass is 557 g/mol. The lowest BCUT2D eigenvalue weighted by atomic mass is 10.1. The average Bonchev–Trinajstić information content (AvgIpc) is 3.65. The summed E-state index contributed by atoms with van der Waals surface area (Å²) in [5.41, 5.74) is -3.24. The molecule has 0 unspecified atom stereocenters. The second kappa shape index (κ2) is 10.5. The molecule has 0 radical (unpaired) electrons. The molecule has 0 saturated heterocycles. The van der Waals surface area contributed by atoms with Gasteiger partial charge in [-0.1, -0.05) is 0 Å². The first-order chi connectivity index (χ1) is 18.3. The highest BCUT2D eigenvalue weighted by Gasteiger charge is 2.49. The van der Waals surface area contributed by atoms with E-state index in [0.29, 0.717) is 22.9 Å². The van der Waals surface area contributed by atoms with Crippen molar-refractivity contribution in [1.82, 2.24) is 20.2 Å². The number of nitrogens with one attached hydrogen (secondary N) is 3. The molecule has 2 heterocycles. The fourth-order valence-corrected chi connectivity index (χ4v) is 4.03. The van der Waals surface area contributed by atoms with E-state index < -0.39 is 76.0 Å². The van der Waals surface area contributed by atoms with Gasteiger partial charge in [-0.2, -0.15) is 13.2 Å². The van der Waals surface area contributed by atoms with Crippen molar-refractivity contribution < 1.29 is 41.0 Å². The van der Waals surface area contributed by atoms with Crippen molar-refractivity contribution >= 4 is 28.9 Å². The molecule has 39 heavy (non-hydrogen) atoms. The van der Waals surface area contributed by atoms with Crippen molar-refractivity contribution in [3.05, 3.63) is 63.7 Å². The maximum absolute atomic E-state index is 14.8. The first kappa shape index (κ1) is 27.7. The molecule has 1 aromatic carbocycles. The van der Waals surface area contributed by atoms with Crippen LogP contribution < -0.4 is 21.4 Å². The molecule has 2 amide bonds. The second-order valence-corrected chi connectivity index (χ2v) is 9.09. The summed E-state index contributed by atoms with van der Waals surface area (Å²) in [7, 11) is 0. The zero-order valence-electron chi connectivity index (χ0n) is 20.1. The molecule has 1 fully saturated rings. The van der Waals surface area contributed by atoms with E-state index in [9.17, 15) is 40.7 Å². The summed E-state index contributed by atoms with van der Waals surface area (Å²) < 4.78 is 84.2. The molecule has 4 rings (SSSR count). The van der Waals surface area contributed by atoms with Crippen molar-refractivity contribution in [1.29, 1.82) is 0 Å². The largest absolute Gasteiger partial charge is 0.465 e. The number of fused-ring (bicyclic) bond motifs is 1. The van der Waals surface area contributed by atoms with Gasteiger partial charge in [-0.05, 0) is 37.8 Å². The second-order valence-electron chi connectivity index (χ2n) is 9.09. The van der Waals surface area contributed by atoms with Crippen LogP contribution in [0.25, 0.3) is 16.7 Å². The molecular weight excluding hydrogens is 536 g/mol. The number of rotatable bonds is 8. The van der Waals surface area contributed by atoms with Crippen molar-refractivity contribution in [2.45, 2.75) is 38.0 Å². The number of hydrogen-bond donors (Lipinski definition) is 4. The van der Waals surface area contributed by atoms with Crippen LogP contribution in [0.15, 0.2) is 35.3 Å². The number of pyridine rings is 2. The maximum atomic E-state index is 14.8. The van der Waals surface area contributed by atoms with Gasteiger partial charge in [-0.15, -0.1) is 0 Å². The number of carbonyl (C=O) groups excluding carboxylic acids is 1. The van der Waals surface area contributed by atoms with Crippen molar-refractivity contribution in [3.63, 3.8) is 0 Å². The molecular formula is C24H21F6N5O4. The van der Waals surface area contributed by atoms with Gasteiger partial charge in [0.2, 0.25) is 5.43 Å². The van der Waals surface area contributed by atoms with Crippen LogP contribution in [0.1, 0.15) is 30.1 Å². The summed E-state index contributed by atoms with van der Waals surface area (Å²) in [6.07, 6.45) is -4.99. The number of nitrogens with zero attached hydrogens (tertiary/aromatic N) is 2. The molecule has 3 aromatic rings. The molecule has 1 saturated carbocycles. The molecule has 1 aliphatic carbocycles. The zero-order valence-corrected chi connectivity index (χ0v) is 20.1. The highest BCUT2D eigenvalue weighted by Crippen LogP contribution is 2.40. The summed E-state index contributed by atoms with van der Waals surface area (Å²) in [5, 5.41) is 15.2. The van der Waals surface area contributed by atoms with Crippen molar-refractivity contribution in [2.24, 2.45) is 5.92 Å². The minimum Gasteiger partial charge on any atom is -0.465 e. The summed E-state index contributed by atoms with van der Waals surface area (Å²) in [6, 6.07) is 0.250. The van der Waals surface area contributed by atoms with Crippen LogP contribution in [-0.4, -0.2) is 51.5 Å². The normalized spacial score (nSPS) is 15.1. The molecule has 4 N–H and O–H groups in total. The highest BCUT2D eigenvalue weighted by atomic mass is 19.4. The van der Waals surface area contributed by atoms with Gasteiger partial charge in [0.25, 0.3) is 5.91 Å². The Morgan fingerprint density at radius 1 is 1.13 bits per heavy atom. The lowest BCUT2D eigenvalue weighted by Crippen LogP contribution is -2.48. The smallest absolute Gasteiger partial charge is 0.408 e. The van der Waals surface area contributed by atoms with E-state index >= 15 is 0 Å². The van der Waals surface area contributed by atoms with E-state index in [1.165, 1.54) is 13.0 Å². The van der Waals surface area contributed by atoms with Crippen LogP contribution in [-0.2, 0) is 0 Å². The average molecular weight is 557 g/mol. The van der Waals surface area contributed by atoms with Crippen LogP contribution in [0.3, 0.4) is 0 Å². The molecule has 9 nitrogen and oxygen atoms in total. The van der Waals surface area contributed by atoms with Gasteiger partial charge in [-0.3, -0.25) is 14.2 Å².